The van der Waals surface area contributed by atoms with Crippen molar-refractivity contribution in [3.8, 4) is 0 Å². The normalized spacial score (nSPS) is 14.6. The van der Waals surface area contributed by atoms with Gasteiger partial charge < -0.3 is 20.1 Å². The molecular weight excluding hydrogens is 737 g/mol. The lowest BCUT2D eigenvalue weighted by Gasteiger charge is -2.27. The van der Waals surface area contributed by atoms with Crippen LogP contribution in [0.4, 0.5) is 0 Å². The number of hydrogen-bond acceptors (Lipinski definition) is 12. The predicted molar refractivity (Wildman–Crippen MR) is 201 cm³/mol. The molecule has 16 heteroatoms. The maximum absolute atomic E-state index is 13.2. The van der Waals surface area contributed by atoms with Crippen LogP contribution < -0.4 is 10.6 Å². The number of methoxy groups -OCH3 is 2. The number of ether oxygens (including phenoxy) is 2. The minimum absolute atomic E-state index is 0.00920. The smallest absolute Gasteiger partial charge is 0.329 e. The number of nitrogens with zero attached hydrogens (tertiary/aromatic N) is 2. The van der Waals surface area contributed by atoms with Gasteiger partial charge in [-0.25, -0.2) is 9.59 Å². The molecule has 0 aliphatic carbocycles. The van der Waals surface area contributed by atoms with E-state index in [1.165, 1.54) is 0 Å². The maximum atomic E-state index is 13.2. The van der Waals surface area contributed by atoms with E-state index in [4.69, 9.17) is 9.47 Å². The number of carbonyl (C=O) groups excluding carboxylic acids is 8. The number of benzene rings is 4. The van der Waals surface area contributed by atoms with Crippen molar-refractivity contribution >= 4 is 90.5 Å². The van der Waals surface area contributed by atoms with E-state index in [0.717, 1.165) is 56.4 Å². The molecule has 278 valence electrons. The summed E-state index contributed by atoms with van der Waals surface area (Å²) >= 11 is 0. The quantitative estimate of drug-likeness (QED) is 0.0779. The zero-order chi connectivity index (χ0) is 38.5. The first-order chi connectivity index (χ1) is 26.0. The van der Waals surface area contributed by atoms with E-state index in [9.17, 15) is 38.4 Å². The van der Waals surface area contributed by atoms with Gasteiger partial charge in [0.1, 0.15) is 12.1 Å². The summed E-state index contributed by atoms with van der Waals surface area (Å²) in [6, 6.07) is 18.4. The predicted octanol–water partition coefficient (Wildman–Crippen LogP) is 3.36. The van der Waals surface area contributed by atoms with Gasteiger partial charge in [0.05, 0.1) is 14.2 Å². The van der Waals surface area contributed by atoms with E-state index in [2.05, 4.69) is 10.6 Å². The third kappa shape index (κ3) is 7.66. The Bertz CT molecular complexity index is 1970. The summed E-state index contributed by atoms with van der Waals surface area (Å²) in [6.07, 6.45) is -0.539. The Morgan fingerprint density at radius 3 is 1.17 bits per heavy atom. The van der Waals surface area contributed by atoms with Crippen LogP contribution in [0.3, 0.4) is 0 Å². The molecule has 2 aliphatic heterocycles. The molecule has 2 aliphatic rings. The van der Waals surface area contributed by atoms with Crippen molar-refractivity contribution in [1.82, 2.24) is 20.4 Å². The van der Waals surface area contributed by atoms with Crippen LogP contribution >= 0.6 is 21.6 Å². The summed E-state index contributed by atoms with van der Waals surface area (Å²) < 4.78 is 9.70. The van der Waals surface area contributed by atoms with Crippen molar-refractivity contribution < 1.29 is 47.8 Å². The Balaban J connectivity index is 0.987. The van der Waals surface area contributed by atoms with Crippen LogP contribution in [0.2, 0.25) is 0 Å². The minimum Gasteiger partial charge on any atom is -0.467 e. The van der Waals surface area contributed by atoms with E-state index in [0.29, 0.717) is 33.0 Å². The van der Waals surface area contributed by atoms with Crippen LogP contribution in [-0.2, 0) is 28.7 Å². The standard InChI is InChI=1S/C38H34N4O10S2/c1-51-37(49)27(39-29(43)15-17-41-33(45)23-11-3-7-21-8-4-12-24(31(21)23)34(41)46)19-53-54-20-28(38(50)52-2)40-30(44)16-18-42-35(47)25-13-5-9-22-10-6-14-26(32(22)25)36(42)48/h3-14,27-28H,15-20H2,1-2H3,(H,39,43)(H,40,44)/t27-,28-/m0/s1. The third-order valence-electron chi connectivity index (χ3n) is 9.03. The van der Waals surface area contributed by atoms with Crippen LogP contribution in [0.1, 0.15) is 54.3 Å². The average molecular weight is 771 g/mol. The minimum atomic E-state index is -1.11. The zero-order valence-electron chi connectivity index (χ0n) is 29.1. The molecule has 0 fully saturated rings. The molecule has 0 aromatic heterocycles. The van der Waals surface area contributed by atoms with Gasteiger partial charge in [0, 0.05) is 70.5 Å². The molecule has 0 radical (unpaired) electrons. The molecule has 2 atom stereocenters. The fourth-order valence-electron chi connectivity index (χ4n) is 6.38. The highest BCUT2D eigenvalue weighted by atomic mass is 33.1. The van der Waals surface area contributed by atoms with Crippen LogP contribution in [0.5, 0.6) is 0 Å². The van der Waals surface area contributed by atoms with Crippen LogP contribution in [0.15, 0.2) is 72.8 Å². The number of imide groups is 2. The monoisotopic (exact) mass is 770 g/mol. The van der Waals surface area contributed by atoms with Gasteiger partial charge in [-0.3, -0.25) is 38.6 Å². The molecule has 6 rings (SSSR count). The van der Waals surface area contributed by atoms with Gasteiger partial charge in [0.2, 0.25) is 11.8 Å². The molecule has 4 aromatic rings. The summed E-state index contributed by atoms with van der Waals surface area (Å²) in [5.41, 5.74) is 1.45. The highest BCUT2D eigenvalue weighted by Crippen LogP contribution is 2.31. The van der Waals surface area contributed by atoms with E-state index in [-0.39, 0.29) is 37.4 Å². The summed E-state index contributed by atoms with van der Waals surface area (Å²) in [7, 11) is 4.56. The second-order valence-electron chi connectivity index (χ2n) is 12.3. The van der Waals surface area contributed by atoms with E-state index in [1.54, 1.807) is 48.5 Å². The molecule has 0 spiro atoms. The Morgan fingerprint density at radius 1 is 0.556 bits per heavy atom. The second-order valence-corrected chi connectivity index (χ2v) is 14.9. The lowest BCUT2D eigenvalue weighted by Crippen LogP contribution is -2.46. The summed E-state index contributed by atoms with van der Waals surface area (Å²) in [4.78, 5) is 106. The highest BCUT2D eigenvalue weighted by Gasteiger charge is 2.35. The summed E-state index contributed by atoms with van der Waals surface area (Å²) in [5.74, 6) is -4.71. The molecule has 0 saturated carbocycles. The van der Waals surface area contributed by atoms with Crippen LogP contribution in [0, 0.1) is 0 Å². The van der Waals surface area contributed by atoms with E-state index < -0.39 is 59.5 Å². The molecular formula is C38H34N4O10S2. The fraction of sp³-hybridized carbons (Fsp3) is 0.263. The van der Waals surface area contributed by atoms with Crippen molar-refractivity contribution in [3.05, 3.63) is 95.1 Å². The third-order valence-corrected chi connectivity index (χ3v) is 11.5. The molecule has 14 nitrogen and oxygen atoms in total. The number of carbonyl (C=O) groups is 8. The summed E-state index contributed by atoms with van der Waals surface area (Å²) in [6.45, 7) is -0.429. The van der Waals surface area contributed by atoms with E-state index in [1.807, 2.05) is 24.3 Å². The average Bonchev–Trinajstić information content (AvgIpc) is 3.18. The Morgan fingerprint density at radius 2 is 0.870 bits per heavy atom. The molecule has 4 aromatic carbocycles. The molecule has 2 N–H and O–H groups in total. The van der Waals surface area contributed by atoms with Gasteiger partial charge >= 0.3 is 11.9 Å². The fourth-order valence-corrected chi connectivity index (χ4v) is 8.68. The van der Waals surface area contributed by atoms with Gasteiger partial charge in [0.15, 0.2) is 0 Å². The molecule has 0 saturated heterocycles. The largest absolute Gasteiger partial charge is 0.467 e. The van der Waals surface area contributed by atoms with Crippen molar-refractivity contribution in [3.63, 3.8) is 0 Å². The first-order valence-corrected chi connectivity index (χ1v) is 19.3. The van der Waals surface area contributed by atoms with Gasteiger partial charge in [-0.15, -0.1) is 0 Å². The molecule has 54 heavy (non-hydrogen) atoms. The number of esters is 2. The van der Waals surface area contributed by atoms with Gasteiger partial charge in [0.25, 0.3) is 23.6 Å². The van der Waals surface area contributed by atoms with Gasteiger partial charge in [-0.1, -0.05) is 70.1 Å². The maximum Gasteiger partial charge on any atom is 0.329 e. The number of hydrogen-bond donors (Lipinski definition) is 2. The van der Waals surface area contributed by atoms with Crippen molar-refractivity contribution in [2.45, 2.75) is 24.9 Å². The molecule has 0 bridgehead atoms. The van der Waals surface area contributed by atoms with Crippen molar-refractivity contribution in [2.75, 3.05) is 38.8 Å². The summed E-state index contributed by atoms with van der Waals surface area (Å²) in [5, 5.41) is 7.82. The number of nitrogens with one attached hydrogen (secondary N) is 2. The Labute approximate surface area is 316 Å². The lowest BCUT2D eigenvalue weighted by molar-refractivity contribution is -0.144. The van der Waals surface area contributed by atoms with Crippen LogP contribution in [-0.4, -0.2) is 108 Å². The zero-order valence-corrected chi connectivity index (χ0v) is 30.8. The first kappa shape index (κ1) is 38.0. The number of rotatable bonds is 15. The van der Waals surface area contributed by atoms with Crippen molar-refractivity contribution in [2.24, 2.45) is 0 Å². The lowest BCUT2D eigenvalue weighted by atomic mass is 9.94. The molecule has 6 amide bonds. The van der Waals surface area contributed by atoms with E-state index >= 15 is 0 Å². The Kier molecular flexibility index (Phi) is 11.6. The van der Waals surface area contributed by atoms with Crippen molar-refractivity contribution in [1.29, 1.82) is 0 Å². The first-order valence-electron chi connectivity index (χ1n) is 16.8. The Hall–Kier alpha value is -5.74. The highest BCUT2D eigenvalue weighted by molar-refractivity contribution is 8.76. The number of amides is 6. The SMILES string of the molecule is COC(=O)[C@H](CSSC[C@H](NC(=O)CCN1C(=O)c2cccc3cccc(c23)C1=O)C(=O)OC)NC(=O)CCN1C(=O)c2cccc3cccc(c23)C1=O. The second kappa shape index (κ2) is 16.5. The molecule has 0 unspecified atom stereocenters. The van der Waals surface area contributed by atoms with Gasteiger partial charge in [-0.05, 0) is 35.0 Å². The topological polar surface area (TPSA) is 186 Å². The van der Waals surface area contributed by atoms with Crippen LogP contribution in [0.25, 0.3) is 21.5 Å². The van der Waals surface area contributed by atoms with Gasteiger partial charge in [-0.2, -0.15) is 0 Å². The molecule has 2 heterocycles.